The standard InChI is InChI=1S/C28H35N5O8/c1-17-5-3-4-6-19(17)29-28(40)30-20-8-7-18(13-22(20)41-2)14-23(35)33-15-21(34)26(38)25(33)27(39)32-11-9-31(10-12-32)16-24(36)37/h3-8,13,21,25-26,34,38H,9-12,14-16H2,1-2H3,(H,36,37)(H2,29,30,40). The Morgan fingerprint density at radius 1 is 0.976 bits per heavy atom. The number of para-hydroxylation sites is 1. The van der Waals surface area contributed by atoms with Crippen molar-refractivity contribution in [3.63, 3.8) is 0 Å². The number of likely N-dealkylation sites (tertiary alicyclic amines) is 1. The summed E-state index contributed by atoms with van der Waals surface area (Å²) in [4.78, 5) is 54.5. The number of methoxy groups -OCH3 is 1. The molecule has 0 saturated carbocycles. The molecule has 220 valence electrons. The van der Waals surface area contributed by atoms with Gasteiger partial charge in [0, 0.05) is 31.9 Å². The highest BCUT2D eigenvalue weighted by atomic mass is 16.5. The molecule has 4 amide bonds. The summed E-state index contributed by atoms with van der Waals surface area (Å²) in [6.45, 7) is 2.73. The molecule has 0 radical (unpaired) electrons. The number of amides is 4. The number of hydrogen-bond acceptors (Lipinski definition) is 8. The summed E-state index contributed by atoms with van der Waals surface area (Å²) in [5.74, 6) is -1.59. The van der Waals surface area contributed by atoms with Crippen molar-refractivity contribution in [2.24, 2.45) is 0 Å². The van der Waals surface area contributed by atoms with E-state index in [0.717, 1.165) is 5.56 Å². The van der Waals surface area contributed by atoms with Gasteiger partial charge in [0.05, 0.1) is 38.4 Å². The molecule has 3 atom stereocenters. The normalized spacial score (nSPS) is 20.9. The molecule has 5 N–H and O–H groups in total. The number of carbonyl (C=O) groups excluding carboxylic acids is 3. The zero-order valence-electron chi connectivity index (χ0n) is 22.9. The van der Waals surface area contributed by atoms with Crippen LogP contribution in [0.4, 0.5) is 16.2 Å². The number of hydrogen-bond donors (Lipinski definition) is 5. The number of nitrogens with zero attached hydrogens (tertiary/aromatic N) is 3. The predicted octanol–water partition coefficient (Wildman–Crippen LogP) is 0.352. The minimum atomic E-state index is -1.45. The maximum Gasteiger partial charge on any atom is 0.323 e. The molecule has 41 heavy (non-hydrogen) atoms. The Bertz CT molecular complexity index is 1300. The average Bonchev–Trinajstić information content (AvgIpc) is 3.24. The van der Waals surface area contributed by atoms with Gasteiger partial charge >= 0.3 is 12.0 Å². The molecular formula is C28H35N5O8. The number of nitrogens with one attached hydrogen (secondary N) is 2. The largest absolute Gasteiger partial charge is 0.495 e. The molecule has 2 aliphatic rings. The Morgan fingerprint density at radius 3 is 2.32 bits per heavy atom. The number of benzene rings is 2. The SMILES string of the molecule is COc1cc(CC(=O)N2CC(O)C(O)C2C(=O)N2CCN(CC(=O)O)CC2)ccc1NC(=O)Nc1ccccc1C. The van der Waals surface area contributed by atoms with E-state index >= 15 is 0 Å². The predicted molar refractivity (Wildman–Crippen MR) is 149 cm³/mol. The number of carboxylic acids is 1. The van der Waals surface area contributed by atoms with Crippen LogP contribution in [0.2, 0.25) is 0 Å². The Kier molecular flexibility index (Phi) is 9.42. The molecular weight excluding hydrogens is 534 g/mol. The van der Waals surface area contributed by atoms with E-state index in [9.17, 15) is 29.4 Å². The third kappa shape index (κ3) is 7.12. The van der Waals surface area contributed by atoms with E-state index in [1.54, 1.807) is 29.2 Å². The number of aliphatic hydroxyl groups excluding tert-OH is 2. The molecule has 2 aliphatic heterocycles. The molecule has 0 spiro atoms. The number of carboxylic acid groups (broad SMARTS) is 1. The number of β-amino-alcohol motifs (C(OH)–C–C–N with tert-alkyl or cyclic N) is 1. The summed E-state index contributed by atoms with van der Waals surface area (Å²) in [5, 5.41) is 35.4. The molecule has 13 heteroatoms. The van der Waals surface area contributed by atoms with Crippen LogP contribution in [0, 0.1) is 6.92 Å². The summed E-state index contributed by atoms with van der Waals surface area (Å²) < 4.78 is 5.42. The number of rotatable bonds is 8. The van der Waals surface area contributed by atoms with Crippen molar-refractivity contribution in [2.75, 3.05) is 57.0 Å². The number of ether oxygens (including phenoxy) is 1. The molecule has 0 aliphatic carbocycles. The second kappa shape index (κ2) is 13.0. The molecule has 3 unspecified atom stereocenters. The van der Waals surface area contributed by atoms with Gasteiger partial charge in [-0.05, 0) is 36.2 Å². The third-order valence-electron chi connectivity index (χ3n) is 7.32. The van der Waals surface area contributed by atoms with Crippen LogP contribution >= 0.6 is 0 Å². The lowest BCUT2D eigenvalue weighted by Gasteiger charge is -2.37. The minimum absolute atomic E-state index is 0.132. The average molecular weight is 570 g/mol. The molecule has 2 aromatic rings. The fourth-order valence-electron chi connectivity index (χ4n) is 5.07. The first-order valence-corrected chi connectivity index (χ1v) is 13.3. The van der Waals surface area contributed by atoms with Crippen LogP contribution in [0.5, 0.6) is 5.75 Å². The second-order valence-electron chi connectivity index (χ2n) is 10.1. The topological polar surface area (TPSA) is 172 Å². The molecule has 13 nitrogen and oxygen atoms in total. The van der Waals surface area contributed by atoms with Gasteiger partial charge in [0.15, 0.2) is 0 Å². The summed E-state index contributed by atoms with van der Waals surface area (Å²) in [6.07, 6.45) is -2.87. The van der Waals surface area contributed by atoms with Crippen LogP contribution in [0.25, 0.3) is 0 Å². The van der Waals surface area contributed by atoms with Crippen molar-refractivity contribution >= 4 is 35.2 Å². The van der Waals surface area contributed by atoms with Gasteiger partial charge in [-0.25, -0.2) is 4.79 Å². The van der Waals surface area contributed by atoms with Crippen molar-refractivity contribution in [2.45, 2.75) is 31.6 Å². The lowest BCUT2D eigenvalue weighted by atomic mass is 10.1. The first-order chi connectivity index (χ1) is 19.6. The first-order valence-electron chi connectivity index (χ1n) is 13.3. The monoisotopic (exact) mass is 569 g/mol. The highest BCUT2D eigenvalue weighted by Gasteiger charge is 2.48. The quantitative estimate of drug-likeness (QED) is 0.301. The number of anilines is 2. The molecule has 0 aromatic heterocycles. The molecule has 2 aromatic carbocycles. The van der Waals surface area contributed by atoms with E-state index in [0.29, 0.717) is 35.8 Å². The molecule has 2 fully saturated rings. The lowest BCUT2D eigenvalue weighted by Crippen LogP contribution is -2.57. The van der Waals surface area contributed by atoms with E-state index in [2.05, 4.69) is 10.6 Å². The minimum Gasteiger partial charge on any atom is -0.495 e. The maximum absolute atomic E-state index is 13.3. The second-order valence-corrected chi connectivity index (χ2v) is 10.1. The van der Waals surface area contributed by atoms with Gasteiger partial charge in [-0.1, -0.05) is 24.3 Å². The van der Waals surface area contributed by atoms with Gasteiger partial charge in [0.25, 0.3) is 0 Å². The van der Waals surface area contributed by atoms with Crippen LogP contribution in [0.15, 0.2) is 42.5 Å². The van der Waals surface area contributed by atoms with Crippen molar-refractivity contribution in [1.29, 1.82) is 0 Å². The number of aryl methyl sites for hydroxylation is 1. The van der Waals surface area contributed by atoms with Gasteiger partial charge < -0.3 is 40.5 Å². The Morgan fingerprint density at radius 2 is 1.66 bits per heavy atom. The van der Waals surface area contributed by atoms with Gasteiger partial charge in [0.1, 0.15) is 17.9 Å². The van der Waals surface area contributed by atoms with Gasteiger partial charge in [-0.15, -0.1) is 0 Å². The number of aliphatic hydroxyl groups is 2. The molecule has 2 saturated heterocycles. The molecule has 2 heterocycles. The first kappa shape index (κ1) is 29.8. The van der Waals surface area contributed by atoms with E-state index in [1.807, 2.05) is 25.1 Å². The summed E-state index contributed by atoms with van der Waals surface area (Å²) >= 11 is 0. The van der Waals surface area contributed by atoms with Crippen LogP contribution in [0.3, 0.4) is 0 Å². The van der Waals surface area contributed by atoms with Gasteiger partial charge in [-0.3, -0.25) is 19.3 Å². The number of aliphatic carboxylic acids is 1. The highest BCUT2D eigenvalue weighted by Crippen LogP contribution is 2.28. The summed E-state index contributed by atoms with van der Waals surface area (Å²) in [6, 6.07) is 10.5. The number of carbonyl (C=O) groups is 4. The Hall–Kier alpha value is -4.20. The third-order valence-corrected chi connectivity index (χ3v) is 7.32. The van der Waals surface area contributed by atoms with Crippen molar-refractivity contribution in [3.05, 3.63) is 53.6 Å². The van der Waals surface area contributed by atoms with Crippen LogP contribution in [-0.2, 0) is 20.8 Å². The van der Waals surface area contributed by atoms with Crippen LogP contribution in [-0.4, -0.2) is 118 Å². The van der Waals surface area contributed by atoms with E-state index in [4.69, 9.17) is 9.84 Å². The van der Waals surface area contributed by atoms with E-state index in [-0.39, 0.29) is 32.6 Å². The fourth-order valence-corrected chi connectivity index (χ4v) is 5.07. The van der Waals surface area contributed by atoms with E-state index in [1.165, 1.54) is 16.9 Å². The summed E-state index contributed by atoms with van der Waals surface area (Å²) in [7, 11) is 1.43. The molecule has 4 rings (SSSR count). The molecule has 0 bridgehead atoms. The zero-order valence-corrected chi connectivity index (χ0v) is 22.9. The van der Waals surface area contributed by atoms with Crippen LogP contribution < -0.4 is 15.4 Å². The smallest absolute Gasteiger partial charge is 0.323 e. The van der Waals surface area contributed by atoms with Crippen molar-refractivity contribution < 1.29 is 39.2 Å². The Balaban J connectivity index is 1.41. The number of urea groups is 1. The zero-order chi connectivity index (χ0) is 29.7. The fraction of sp³-hybridized carbons (Fsp3) is 0.429. The van der Waals surface area contributed by atoms with Crippen molar-refractivity contribution in [1.82, 2.24) is 14.7 Å². The van der Waals surface area contributed by atoms with E-state index < -0.39 is 42.1 Å². The lowest BCUT2D eigenvalue weighted by molar-refractivity contribution is -0.148. The summed E-state index contributed by atoms with van der Waals surface area (Å²) in [5.41, 5.74) is 2.49. The van der Waals surface area contributed by atoms with Gasteiger partial charge in [-0.2, -0.15) is 0 Å². The maximum atomic E-state index is 13.3. The highest BCUT2D eigenvalue weighted by molar-refractivity contribution is 6.01. The van der Waals surface area contributed by atoms with Gasteiger partial charge in [0.2, 0.25) is 11.8 Å². The number of piperazine rings is 1. The Labute approximate surface area is 237 Å². The van der Waals surface area contributed by atoms with Crippen LogP contribution in [0.1, 0.15) is 11.1 Å². The van der Waals surface area contributed by atoms with Crippen molar-refractivity contribution in [3.8, 4) is 5.75 Å².